The Kier molecular flexibility index (Phi) is 3.68. The second kappa shape index (κ2) is 5.86. The lowest BCUT2D eigenvalue weighted by atomic mass is 10.2. The largest absolute Gasteiger partial charge is 0.352 e. The molecule has 1 saturated heterocycles. The van der Waals surface area contributed by atoms with Gasteiger partial charge in [0, 0.05) is 38.6 Å². The lowest BCUT2D eigenvalue weighted by Gasteiger charge is -2.35. The third-order valence-corrected chi connectivity index (χ3v) is 5.00. The van der Waals surface area contributed by atoms with Crippen LogP contribution in [0.3, 0.4) is 0 Å². The van der Waals surface area contributed by atoms with Gasteiger partial charge < -0.3 is 9.80 Å². The summed E-state index contributed by atoms with van der Waals surface area (Å²) < 4.78 is 1.77. The lowest BCUT2D eigenvalue weighted by Crippen LogP contribution is -2.49. The molecule has 1 aliphatic heterocycles. The van der Waals surface area contributed by atoms with Crippen LogP contribution in [0.25, 0.3) is 11.0 Å². The average molecular weight is 342 g/mol. The minimum Gasteiger partial charge on any atom is -0.352 e. The Bertz CT molecular complexity index is 879. The number of fused-ring (bicyclic) bond motifs is 1. The van der Waals surface area contributed by atoms with Gasteiger partial charge in [-0.1, -0.05) is 0 Å². The molecule has 0 spiro atoms. The Hall–Kier alpha value is -2.48. The summed E-state index contributed by atoms with van der Waals surface area (Å²) in [6, 6.07) is 1.88. The van der Waals surface area contributed by atoms with Crippen molar-refractivity contribution in [2.24, 2.45) is 7.05 Å². The molecule has 3 aromatic rings. The third kappa shape index (κ3) is 2.52. The van der Waals surface area contributed by atoms with Crippen LogP contribution in [0.1, 0.15) is 16.2 Å². The first-order chi connectivity index (χ1) is 11.6. The predicted octanol–water partition coefficient (Wildman–Crippen LogP) is 1.70. The minimum absolute atomic E-state index is 0.112. The highest BCUT2D eigenvalue weighted by Gasteiger charge is 2.25. The van der Waals surface area contributed by atoms with E-state index in [1.807, 2.05) is 41.9 Å². The standard InChI is InChI=1S/C16H18N6OS/c1-11-18-14-13(9-17-20(14)2)15(19-11)21-4-6-22(7-5-21)16(23)12-3-8-24-10-12/h3,8-10H,4-7H2,1-2H3. The molecule has 0 aromatic carbocycles. The van der Waals surface area contributed by atoms with Crippen molar-refractivity contribution in [2.75, 3.05) is 31.1 Å². The highest BCUT2D eigenvalue weighted by Crippen LogP contribution is 2.24. The summed E-state index contributed by atoms with van der Waals surface area (Å²) in [6.45, 7) is 4.80. The van der Waals surface area contributed by atoms with Crippen molar-refractivity contribution in [2.45, 2.75) is 6.92 Å². The number of anilines is 1. The second-order valence-electron chi connectivity index (χ2n) is 5.89. The van der Waals surface area contributed by atoms with E-state index in [-0.39, 0.29) is 5.91 Å². The van der Waals surface area contributed by atoms with Gasteiger partial charge in [-0.3, -0.25) is 9.48 Å². The topological polar surface area (TPSA) is 67.2 Å². The van der Waals surface area contributed by atoms with Crippen molar-refractivity contribution in [1.29, 1.82) is 0 Å². The van der Waals surface area contributed by atoms with E-state index in [1.165, 1.54) is 0 Å². The Morgan fingerprint density at radius 1 is 1.21 bits per heavy atom. The van der Waals surface area contributed by atoms with E-state index in [1.54, 1.807) is 16.0 Å². The zero-order valence-corrected chi connectivity index (χ0v) is 14.5. The molecule has 0 bridgehead atoms. The summed E-state index contributed by atoms with van der Waals surface area (Å²) in [5, 5.41) is 9.09. The van der Waals surface area contributed by atoms with Crippen molar-refractivity contribution in [3.8, 4) is 0 Å². The maximum absolute atomic E-state index is 12.4. The molecule has 0 N–H and O–H groups in total. The molecule has 0 unspecified atom stereocenters. The maximum Gasteiger partial charge on any atom is 0.254 e. The van der Waals surface area contributed by atoms with Gasteiger partial charge in [0.2, 0.25) is 0 Å². The number of hydrogen-bond donors (Lipinski definition) is 0. The highest BCUT2D eigenvalue weighted by atomic mass is 32.1. The minimum atomic E-state index is 0.112. The molecule has 0 saturated carbocycles. The molecule has 24 heavy (non-hydrogen) atoms. The van der Waals surface area contributed by atoms with E-state index in [4.69, 9.17) is 0 Å². The Morgan fingerprint density at radius 2 is 2.00 bits per heavy atom. The number of rotatable bonds is 2. The van der Waals surface area contributed by atoms with Crippen molar-refractivity contribution in [3.05, 3.63) is 34.4 Å². The number of aromatic nitrogens is 4. The van der Waals surface area contributed by atoms with Gasteiger partial charge in [0.15, 0.2) is 5.65 Å². The monoisotopic (exact) mass is 342 g/mol. The number of hydrogen-bond acceptors (Lipinski definition) is 6. The fraction of sp³-hybridized carbons (Fsp3) is 0.375. The fourth-order valence-corrected chi connectivity index (χ4v) is 3.67. The Balaban J connectivity index is 1.55. The Morgan fingerprint density at radius 3 is 2.71 bits per heavy atom. The zero-order valence-electron chi connectivity index (χ0n) is 13.6. The number of carbonyl (C=O) groups is 1. The first-order valence-corrected chi connectivity index (χ1v) is 8.80. The molecule has 4 heterocycles. The average Bonchev–Trinajstić information content (AvgIpc) is 3.25. The summed E-state index contributed by atoms with van der Waals surface area (Å²) in [4.78, 5) is 25.7. The number of piperazine rings is 1. The molecule has 4 rings (SSSR count). The van der Waals surface area contributed by atoms with Crippen LogP contribution in [0, 0.1) is 6.92 Å². The van der Waals surface area contributed by atoms with Crippen LogP contribution in [0.5, 0.6) is 0 Å². The number of aryl methyl sites for hydroxylation is 2. The van der Waals surface area contributed by atoms with Gasteiger partial charge in [-0.05, 0) is 18.4 Å². The number of carbonyl (C=O) groups excluding carboxylic acids is 1. The van der Waals surface area contributed by atoms with E-state index in [9.17, 15) is 4.79 Å². The Labute approximate surface area is 143 Å². The summed E-state index contributed by atoms with van der Waals surface area (Å²) >= 11 is 1.55. The summed E-state index contributed by atoms with van der Waals surface area (Å²) in [6.07, 6.45) is 1.81. The van der Waals surface area contributed by atoms with Gasteiger partial charge >= 0.3 is 0 Å². The summed E-state index contributed by atoms with van der Waals surface area (Å²) in [5.74, 6) is 1.76. The van der Waals surface area contributed by atoms with E-state index in [2.05, 4.69) is 20.0 Å². The number of amides is 1. The van der Waals surface area contributed by atoms with E-state index in [0.29, 0.717) is 13.1 Å². The molecule has 0 aliphatic carbocycles. The van der Waals surface area contributed by atoms with Crippen LogP contribution in [0.4, 0.5) is 5.82 Å². The molecular formula is C16H18N6OS. The van der Waals surface area contributed by atoms with Gasteiger partial charge in [0.25, 0.3) is 5.91 Å². The highest BCUT2D eigenvalue weighted by molar-refractivity contribution is 7.08. The molecule has 124 valence electrons. The van der Waals surface area contributed by atoms with Gasteiger partial charge in [-0.2, -0.15) is 16.4 Å². The SMILES string of the molecule is Cc1nc(N2CCN(C(=O)c3ccsc3)CC2)c2cnn(C)c2n1. The van der Waals surface area contributed by atoms with E-state index < -0.39 is 0 Å². The quantitative estimate of drug-likeness (QED) is 0.709. The van der Waals surface area contributed by atoms with Gasteiger partial charge in [-0.15, -0.1) is 0 Å². The molecular weight excluding hydrogens is 324 g/mol. The van der Waals surface area contributed by atoms with E-state index in [0.717, 1.165) is 41.3 Å². The van der Waals surface area contributed by atoms with Crippen LogP contribution >= 0.6 is 11.3 Å². The van der Waals surface area contributed by atoms with Gasteiger partial charge in [-0.25, -0.2) is 9.97 Å². The van der Waals surface area contributed by atoms with Crippen molar-refractivity contribution < 1.29 is 4.79 Å². The van der Waals surface area contributed by atoms with Crippen LogP contribution in [0.2, 0.25) is 0 Å². The van der Waals surface area contributed by atoms with Crippen LogP contribution in [-0.4, -0.2) is 56.7 Å². The van der Waals surface area contributed by atoms with Gasteiger partial charge in [0.05, 0.1) is 17.1 Å². The number of nitrogens with zero attached hydrogens (tertiary/aromatic N) is 6. The van der Waals surface area contributed by atoms with Crippen LogP contribution < -0.4 is 4.90 Å². The summed E-state index contributed by atoms with van der Waals surface area (Å²) in [7, 11) is 1.88. The molecule has 1 aliphatic rings. The van der Waals surface area contributed by atoms with Crippen LogP contribution in [0.15, 0.2) is 23.0 Å². The molecule has 0 atom stereocenters. The molecule has 1 amide bonds. The van der Waals surface area contributed by atoms with Crippen molar-refractivity contribution in [3.63, 3.8) is 0 Å². The third-order valence-electron chi connectivity index (χ3n) is 4.32. The predicted molar refractivity (Wildman–Crippen MR) is 93.5 cm³/mol. The maximum atomic E-state index is 12.4. The first kappa shape index (κ1) is 15.1. The summed E-state index contributed by atoms with van der Waals surface area (Å²) in [5.41, 5.74) is 1.62. The van der Waals surface area contributed by atoms with Crippen LogP contribution in [-0.2, 0) is 7.05 Å². The normalized spacial score (nSPS) is 15.2. The molecule has 7 nitrogen and oxygen atoms in total. The molecule has 1 fully saturated rings. The molecule has 0 radical (unpaired) electrons. The zero-order chi connectivity index (χ0) is 16.7. The lowest BCUT2D eigenvalue weighted by molar-refractivity contribution is 0.0747. The van der Waals surface area contributed by atoms with E-state index >= 15 is 0 Å². The van der Waals surface area contributed by atoms with Gasteiger partial charge in [0.1, 0.15) is 11.6 Å². The number of thiophene rings is 1. The van der Waals surface area contributed by atoms with Crippen molar-refractivity contribution >= 4 is 34.1 Å². The first-order valence-electron chi connectivity index (χ1n) is 7.86. The fourth-order valence-electron chi connectivity index (χ4n) is 3.04. The smallest absolute Gasteiger partial charge is 0.254 e. The molecule has 3 aromatic heterocycles. The van der Waals surface area contributed by atoms with Crippen molar-refractivity contribution in [1.82, 2.24) is 24.6 Å². The molecule has 8 heteroatoms. The second-order valence-corrected chi connectivity index (χ2v) is 6.67.